The van der Waals surface area contributed by atoms with Crippen molar-refractivity contribution in [2.45, 2.75) is 32.4 Å². The Morgan fingerprint density at radius 3 is 2.46 bits per heavy atom. The highest BCUT2D eigenvalue weighted by Gasteiger charge is 2.36. The number of amides is 1. The highest BCUT2D eigenvalue weighted by atomic mass is 35.5. The fourth-order valence-electron chi connectivity index (χ4n) is 4.06. The molecular formula is C26H36ClN7O3. The van der Waals surface area contributed by atoms with E-state index in [-0.39, 0.29) is 36.5 Å². The molecule has 3 rings (SSSR count). The number of fused-ring (bicyclic) bond motifs is 1. The summed E-state index contributed by atoms with van der Waals surface area (Å²) in [6.45, 7) is 4.70. The average molecular weight is 530 g/mol. The number of halogens is 1. The second-order valence-electron chi connectivity index (χ2n) is 8.94. The van der Waals surface area contributed by atoms with Crippen molar-refractivity contribution in [3.8, 4) is 0 Å². The van der Waals surface area contributed by atoms with Gasteiger partial charge in [-0.25, -0.2) is 4.98 Å². The maximum absolute atomic E-state index is 13.2. The third-order valence-corrected chi connectivity index (χ3v) is 6.14. The van der Waals surface area contributed by atoms with Crippen molar-refractivity contribution >= 4 is 46.8 Å². The molecule has 0 saturated carbocycles. The van der Waals surface area contributed by atoms with Gasteiger partial charge < -0.3 is 25.3 Å². The number of nitrogens with two attached hydrogens (primary N) is 1. The summed E-state index contributed by atoms with van der Waals surface area (Å²) in [5, 5.41) is 14.1. The Bertz CT molecular complexity index is 1260. The number of rotatable bonds is 11. The van der Waals surface area contributed by atoms with E-state index in [1.807, 2.05) is 48.9 Å². The SMILES string of the molecule is CCOC(=O)CCNC(C)(C(=O)N(C)C)c1ccc2c(c1)nc(CNc1ccc(C(=N)N)cc1)n2C.Cl. The van der Waals surface area contributed by atoms with Crippen LogP contribution in [0.15, 0.2) is 42.5 Å². The van der Waals surface area contributed by atoms with Gasteiger partial charge in [-0.15, -0.1) is 12.4 Å². The van der Waals surface area contributed by atoms with E-state index in [0.717, 1.165) is 28.1 Å². The molecule has 0 aliphatic heterocycles. The summed E-state index contributed by atoms with van der Waals surface area (Å²) in [4.78, 5) is 31.3. The number of carbonyl (C=O) groups is 2. The molecule has 0 aliphatic carbocycles. The summed E-state index contributed by atoms with van der Waals surface area (Å²) in [5.74, 6) is 0.423. The molecule has 1 aromatic heterocycles. The highest BCUT2D eigenvalue weighted by Crippen LogP contribution is 2.27. The first-order valence-corrected chi connectivity index (χ1v) is 11.8. The zero-order valence-electron chi connectivity index (χ0n) is 21.9. The summed E-state index contributed by atoms with van der Waals surface area (Å²) in [5.41, 5.74) is 8.50. The molecule has 37 heavy (non-hydrogen) atoms. The van der Waals surface area contributed by atoms with Crippen LogP contribution in [0.1, 0.15) is 37.2 Å². The lowest BCUT2D eigenvalue weighted by Gasteiger charge is -2.32. The van der Waals surface area contributed by atoms with Crippen LogP contribution in [0.5, 0.6) is 0 Å². The molecule has 0 fully saturated rings. The van der Waals surface area contributed by atoms with Gasteiger partial charge in [0.1, 0.15) is 17.2 Å². The Hall–Kier alpha value is -3.63. The van der Waals surface area contributed by atoms with E-state index in [1.54, 1.807) is 33.2 Å². The molecule has 10 nitrogen and oxygen atoms in total. The molecule has 1 atom stereocenters. The Morgan fingerprint density at radius 2 is 1.86 bits per heavy atom. The van der Waals surface area contributed by atoms with Crippen LogP contribution in [-0.2, 0) is 33.5 Å². The smallest absolute Gasteiger partial charge is 0.307 e. The normalized spacial score (nSPS) is 12.4. The van der Waals surface area contributed by atoms with Gasteiger partial charge in [0.25, 0.3) is 0 Å². The number of aromatic nitrogens is 2. The lowest BCUT2D eigenvalue weighted by molar-refractivity contribution is -0.143. The molecule has 1 heterocycles. The Balaban J connectivity index is 0.00000481. The molecule has 0 spiro atoms. The van der Waals surface area contributed by atoms with Crippen LogP contribution < -0.4 is 16.4 Å². The number of nitrogens with one attached hydrogen (secondary N) is 3. The molecule has 1 unspecified atom stereocenters. The van der Waals surface area contributed by atoms with E-state index < -0.39 is 5.54 Å². The minimum absolute atomic E-state index is 0. The highest BCUT2D eigenvalue weighted by molar-refractivity contribution is 5.95. The van der Waals surface area contributed by atoms with E-state index in [1.165, 1.54) is 4.90 Å². The van der Waals surface area contributed by atoms with E-state index in [9.17, 15) is 9.59 Å². The lowest BCUT2D eigenvalue weighted by Crippen LogP contribution is -2.52. The monoisotopic (exact) mass is 529 g/mol. The first-order valence-electron chi connectivity index (χ1n) is 11.8. The van der Waals surface area contributed by atoms with Crippen LogP contribution in [0, 0.1) is 5.41 Å². The van der Waals surface area contributed by atoms with Crippen LogP contribution in [0.4, 0.5) is 5.69 Å². The largest absolute Gasteiger partial charge is 0.466 e. The quantitative estimate of drug-likeness (QED) is 0.170. The van der Waals surface area contributed by atoms with Gasteiger partial charge in [-0.1, -0.05) is 6.07 Å². The van der Waals surface area contributed by atoms with Gasteiger partial charge >= 0.3 is 5.97 Å². The number of anilines is 1. The van der Waals surface area contributed by atoms with Gasteiger partial charge in [-0.2, -0.15) is 0 Å². The van der Waals surface area contributed by atoms with Gasteiger partial charge in [0.2, 0.25) is 5.91 Å². The van der Waals surface area contributed by atoms with Crippen molar-refractivity contribution in [1.82, 2.24) is 19.8 Å². The van der Waals surface area contributed by atoms with Crippen molar-refractivity contribution in [3.05, 3.63) is 59.4 Å². The topological polar surface area (TPSA) is 138 Å². The summed E-state index contributed by atoms with van der Waals surface area (Å²) in [7, 11) is 5.37. The fourth-order valence-corrected chi connectivity index (χ4v) is 4.06. The molecule has 11 heteroatoms. The van der Waals surface area contributed by atoms with E-state index in [2.05, 4.69) is 10.6 Å². The molecule has 200 valence electrons. The number of ether oxygens (including phenoxy) is 1. The third-order valence-electron chi connectivity index (χ3n) is 6.14. The van der Waals surface area contributed by atoms with Crippen molar-refractivity contribution < 1.29 is 14.3 Å². The number of hydrogen-bond acceptors (Lipinski definition) is 7. The van der Waals surface area contributed by atoms with E-state index >= 15 is 0 Å². The molecule has 5 N–H and O–H groups in total. The molecule has 2 aromatic carbocycles. The van der Waals surface area contributed by atoms with Gasteiger partial charge in [-0.05, 0) is 55.8 Å². The number of amidine groups is 1. The Kier molecular flexibility index (Phi) is 10.0. The molecule has 0 bridgehead atoms. The fraction of sp³-hybridized carbons (Fsp3) is 0.385. The average Bonchev–Trinajstić information content (AvgIpc) is 3.17. The number of carbonyl (C=O) groups excluding carboxylic acids is 2. The summed E-state index contributed by atoms with van der Waals surface area (Å²) in [6.07, 6.45) is 0.166. The molecule has 0 radical (unpaired) electrons. The number of aryl methyl sites for hydroxylation is 1. The molecule has 0 aliphatic rings. The molecular weight excluding hydrogens is 494 g/mol. The number of benzene rings is 2. The summed E-state index contributed by atoms with van der Waals surface area (Å²) >= 11 is 0. The zero-order chi connectivity index (χ0) is 26.5. The maximum atomic E-state index is 13.2. The van der Waals surface area contributed by atoms with Gasteiger partial charge in [-0.3, -0.25) is 20.3 Å². The second kappa shape index (κ2) is 12.6. The van der Waals surface area contributed by atoms with E-state index in [0.29, 0.717) is 25.3 Å². The van der Waals surface area contributed by atoms with Crippen molar-refractivity contribution in [2.24, 2.45) is 12.8 Å². The predicted octanol–water partition coefficient (Wildman–Crippen LogP) is 2.74. The van der Waals surface area contributed by atoms with Crippen LogP contribution in [0.3, 0.4) is 0 Å². The minimum Gasteiger partial charge on any atom is -0.466 e. The number of hydrogen-bond donors (Lipinski definition) is 4. The Labute approximate surface area is 223 Å². The minimum atomic E-state index is -1.04. The third kappa shape index (κ3) is 6.78. The van der Waals surface area contributed by atoms with Gasteiger partial charge in [0.15, 0.2) is 0 Å². The van der Waals surface area contributed by atoms with Crippen LogP contribution in [-0.4, -0.2) is 59.4 Å². The summed E-state index contributed by atoms with van der Waals surface area (Å²) in [6, 6.07) is 13.1. The number of nitrogen functional groups attached to an aromatic ring is 1. The number of likely N-dealkylation sites (N-methyl/N-ethyl adjacent to an activating group) is 1. The van der Waals surface area contributed by atoms with Crippen molar-refractivity contribution in [3.63, 3.8) is 0 Å². The van der Waals surface area contributed by atoms with Crippen LogP contribution >= 0.6 is 12.4 Å². The van der Waals surface area contributed by atoms with E-state index in [4.69, 9.17) is 20.9 Å². The van der Waals surface area contributed by atoms with Gasteiger partial charge in [0, 0.05) is 38.9 Å². The first-order chi connectivity index (χ1) is 17.1. The molecule has 3 aromatic rings. The van der Waals surface area contributed by atoms with Crippen molar-refractivity contribution in [2.75, 3.05) is 32.6 Å². The maximum Gasteiger partial charge on any atom is 0.307 e. The number of imidazole rings is 1. The second-order valence-corrected chi connectivity index (χ2v) is 8.94. The van der Waals surface area contributed by atoms with Gasteiger partial charge in [0.05, 0.1) is 30.6 Å². The summed E-state index contributed by atoms with van der Waals surface area (Å²) < 4.78 is 7.02. The standard InChI is InChI=1S/C26H35N7O3.ClH/c1-6-36-23(34)13-14-30-26(2,25(35)32(3)4)18-9-12-21-20(15-18)31-22(33(21)5)16-29-19-10-7-17(8-11-19)24(27)28;/h7-12,15,29-30H,6,13-14,16H2,1-5H3,(H3,27,28);1H. The molecule has 0 saturated heterocycles. The van der Waals surface area contributed by atoms with Crippen LogP contribution in [0.2, 0.25) is 0 Å². The lowest BCUT2D eigenvalue weighted by atomic mass is 9.90. The first kappa shape index (κ1) is 29.6. The number of esters is 1. The number of nitrogens with zero attached hydrogens (tertiary/aromatic N) is 3. The molecule has 1 amide bonds. The van der Waals surface area contributed by atoms with Crippen LogP contribution in [0.25, 0.3) is 11.0 Å². The Morgan fingerprint density at radius 1 is 1.19 bits per heavy atom. The van der Waals surface area contributed by atoms with Crippen molar-refractivity contribution in [1.29, 1.82) is 5.41 Å². The predicted molar refractivity (Wildman–Crippen MR) is 148 cm³/mol. The zero-order valence-corrected chi connectivity index (χ0v) is 22.7.